The second-order valence-electron chi connectivity index (χ2n) is 10.9. The number of nitrogens with one attached hydrogen (secondary N) is 1. The first-order valence-electron chi connectivity index (χ1n) is 13.5. The van der Waals surface area contributed by atoms with Crippen LogP contribution in [0.2, 0.25) is 0 Å². The van der Waals surface area contributed by atoms with Crippen molar-refractivity contribution in [1.82, 2.24) is 29.5 Å². The Bertz CT molecular complexity index is 1190. The highest BCUT2D eigenvalue weighted by Gasteiger charge is 2.25. The number of aryl methyl sites for hydroxylation is 1. The molecule has 2 saturated heterocycles. The Morgan fingerprint density at radius 2 is 1.78 bits per heavy atom. The number of aromatic nitrogens is 4. The van der Waals surface area contributed by atoms with E-state index in [1.807, 2.05) is 30.2 Å². The number of hydrogen-bond acceptors (Lipinski definition) is 6. The van der Waals surface area contributed by atoms with Crippen LogP contribution in [-0.2, 0) is 18.4 Å². The molecule has 5 heterocycles. The average molecular weight is 490 g/mol. The Balaban J connectivity index is 1.30. The second kappa shape index (κ2) is 11.0. The first kappa shape index (κ1) is 24.8. The zero-order chi connectivity index (χ0) is 25.1. The van der Waals surface area contributed by atoms with Crippen molar-refractivity contribution in [3.05, 3.63) is 36.4 Å². The maximum atomic E-state index is 13.0. The van der Waals surface area contributed by atoms with Gasteiger partial charge in [-0.15, -0.1) is 0 Å². The quantitative estimate of drug-likeness (QED) is 0.532. The van der Waals surface area contributed by atoms with E-state index < -0.39 is 0 Å². The summed E-state index contributed by atoms with van der Waals surface area (Å²) in [4.78, 5) is 27.1. The average Bonchev–Trinajstić information content (AvgIpc) is 3.24. The van der Waals surface area contributed by atoms with E-state index in [9.17, 15) is 4.79 Å². The van der Waals surface area contributed by atoms with Gasteiger partial charge in [-0.2, -0.15) is 5.10 Å². The van der Waals surface area contributed by atoms with Crippen LogP contribution in [0.25, 0.3) is 22.0 Å². The molecule has 0 saturated carbocycles. The molecular formula is C28H39N7O. The number of rotatable bonds is 7. The van der Waals surface area contributed by atoms with Crippen molar-refractivity contribution in [2.24, 2.45) is 18.9 Å². The van der Waals surface area contributed by atoms with Crippen molar-refractivity contribution in [1.29, 1.82) is 0 Å². The Kier molecular flexibility index (Phi) is 7.62. The number of anilines is 1. The Hall–Kier alpha value is -2.84. The summed E-state index contributed by atoms with van der Waals surface area (Å²) in [6, 6.07) is 4.08. The van der Waals surface area contributed by atoms with E-state index >= 15 is 0 Å². The molecule has 0 bridgehead atoms. The van der Waals surface area contributed by atoms with Crippen molar-refractivity contribution < 1.29 is 4.79 Å². The summed E-state index contributed by atoms with van der Waals surface area (Å²) in [7, 11) is 2.02. The van der Waals surface area contributed by atoms with Crippen molar-refractivity contribution >= 4 is 22.6 Å². The molecule has 2 aliphatic heterocycles. The van der Waals surface area contributed by atoms with Crippen molar-refractivity contribution in [2.45, 2.75) is 52.5 Å². The minimum absolute atomic E-state index is 0.0445. The lowest BCUT2D eigenvalue weighted by atomic mass is 9.95. The van der Waals surface area contributed by atoms with Gasteiger partial charge in [0.25, 0.3) is 0 Å². The molecule has 2 fully saturated rings. The molecule has 2 aliphatic rings. The van der Waals surface area contributed by atoms with E-state index in [0.29, 0.717) is 11.7 Å². The van der Waals surface area contributed by atoms with Gasteiger partial charge in [0.05, 0.1) is 23.6 Å². The molecule has 0 atom stereocenters. The van der Waals surface area contributed by atoms with Gasteiger partial charge in [-0.1, -0.05) is 20.3 Å². The topological polar surface area (TPSA) is 79.2 Å². The molecule has 0 unspecified atom stereocenters. The van der Waals surface area contributed by atoms with Gasteiger partial charge in [-0.25, -0.2) is 4.98 Å². The molecule has 36 heavy (non-hydrogen) atoms. The maximum absolute atomic E-state index is 13.0. The highest BCUT2D eigenvalue weighted by Crippen LogP contribution is 2.28. The van der Waals surface area contributed by atoms with E-state index in [4.69, 9.17) is 0 Å². The van der Waals surface area contributed by atoms with Crippen LogP contribution in [-0.4, -0.2) is 68.2 Å². The summed E-state index contributed by atoms with van der Waals surface area (Å²) in [5.74, 6) is 1.37. The van der Waals surface area contributed by atoms with Crippen LogP contribution in [0.4, 0.5) is 5.82 Å². The fraction of sp³-hybridized carbons (Fsp3) is 0.571. The first-order chi connectivity index (χ1) is 17.5. The highest BCUT2D eigenvalue weighted by molar-refractivity contribution is 5.94. The molecule has 0 aromatic carbocycles. The fourth-order valence-corrected chi connectivity index (χ4v) is 5.59. The lowest BCUT2D eigenvalue weighted by Gasteiger charge is -2.32. The monoisotopic (exact) mass is 489 g/mol. The number of fused-ring (bicyclic) bond motifs is 1. The molecule has 1 N–H and O–H groups in total. The van der Waals surface area contributed by atoms with Gasteiger partial charge in [0.15, 0.2) is 0 Å². The third-order valence-electron chi connectivity index (χ3n) is 7.60. The molecule has 192 valence electrons. The van der Waals surface area contributed by atoms with Gasteiger partial charge in [-0.05, 0) is 69.9 Å². The molecule has 8 nitrogen and oxygen atoms in total. The van der Waals surface area contributed by atoms with Gasteiger partial charge in [0, 0.05) is 48.8 Å². The number of carbonyl (C=O) groups excluding carboxylic acids is 1. The SMILES string of the molecule is CC(C)CN1CCC(C(=O)Nc2cc3cc(-c4cnn(C)c4CN4CCCCC4)cnc3cn2)CC1. The van der Waals surface area contributed by atoms with Crippen LogP contribution in [0.15, 0.2) is 30.7 Å². The molecule has 3 aromatic heterocycles. The predicted molar refractivity (Wildman–Crippen MR) is 143 cm³/mol. The van der Waals surface area contributed by atoms with E-state index in [1.54, 1.807) is 6.20 Å². The molecule has 0 radical (unpaired) electrons. The van der Waals surface area contributed by atoms with Crippen LogP contribution in [0, 0.1) is 11.8 Å². The fourth-order valence-electron chi connectivity index (χ4n) is 5.59. The molecule has 1 amide bonds. The van der Waals surface area contributed by atoms with Gasteiger partial charge in [0.2, 0.25) is 5.91 Å². The number of piperidine rings is 2. The number of hydrogen-bond donors (Lipinski definition) is 1. The third kappa shape index (κ3) is 5.76. The second-order valence-corrected chi connectivity index (χ2v) is 10.9. The highest BCUT2D eigenvalue weighted by atomic mass is 16.1. The Labute approximate surface area is 214 Å². The summed E-state index contributed by atoms with van der Waals surface area (Å²) in [6.07, 6.45) is 11.3. The first-order valence-corrected chi connectivity index (χ1v) is 13.5. The van der Waals surface area contributed by atoms with Gasteiger partial charge >= 0.3 is 0 Å². The summed E-state index contributed by atoms with van der Waals surface area (Å²) < 4.78 is 1.98. The van der Waals surface area contributed by atoms with E-state index in [0.717, 1.165) is 74.1 Å². The van der Waals surface area contributed by atoms with Crippen LogP contribution < -0.4 is 5.32 Å². The van der Waals surface area contributed by atoms with Gasteiger partial charge < -0.3 is 10.2 Å². The summed E-state index contributed by atoms with van der Waals surface area (Å²) in [5.41, 5.74) is 4.20. The lowest BCUT2D eigenvalue weighted by molar-refractivity contribution is -0.121. The summed E-state index contributed by atoms with van der Waals surface area (Å²) in [5, 5.41) is 8.60. The predicted octanol–water partition coefficient (Wildman–Crippen LogP) is 4.32. The maximum Gasteiger partial charge on any atom is 0.228 e. The van der Waals surface area contributed by atoms with E-state index in [-0.39, 0.29) is 11.8 Å². The zero-order valence-electron chi connectivity index (χ0n) is 21.9. The number of amides is 1. The van der Waals surface area contributed by atoms with Crippen molar-refractivity contribution in [3.63, 3.8) is 0 Å². The van der Waals surface area contributed by atoms with Gasteiger partial charge in [-0.3, -0.25) is 19.4 Å². The zero-order valence-corrected chi connectivity index (χ0v) is 21.9. The molecule has 8 heteroatoms. The number of nitrogens with zero attached hydrogens (tertiary/aromatic N) is 6. The van der Waals surface area contributed by atoms with Crippen LogP contribution in [0.1, 0.15) is 51.6 Å². The molecular weight excluding hydrogens is 450 g/mol. The van der Waals surface area contributed by atoms with Crippen molar-refractivity contribution in [2.75, 3.05) is 38.0 Å². The molecule has 5 rings (SSSR count). The Morgan fingerprint density at radius 3 is 2.53 bits per heavy atom. The molecule has 0 aliphatic carbocycles. The minimum Gasteiger partial charge on any atom is -0.310 e. The molecule has 0 spiro atoms. The van der Waals surface area contributed by atoms with Crippen LogP contribution in [0.5, 0.6) is 0 Å². The number of pyridine rings is 2. The van der Waals surface area contributed by atoms with Crippen LogP contribution >= 0.6 is 0 Å². The van der Waals surface area contributed by atoms with E-state index in [2.05, 4.69) is 50.1 Å². The normalized spacial score (nSPS) is 18.2. The smallest absolute Gasteiger partial charge is 0.228 e. The third-order valence-corrected chi connectivity index (χ3v) is 7.60. The lowest BCUT2D eigenvalue weighted by Crippen LogP contribution is -2.39. The number of likely N-dealkylation sites (tertiary alicyclic amines) is 2. The van der Waals surface area contributed by atoms with E-state index in [1.165, 1.54) is 25.0 Å². The summed E-state index contributed by atoms with van der Waals surface area (Å²) >= 11 is 0. The summed E-state index contributed by atoms with van der Waals surface area (Å²) in [6.45, 7) is 10.8. The van der Waals surface area contributed by atoms with Crippen molar-refractivity contribution in [3.8, 4) is 11.1 Å². The molecule has 3 aromatic rings. The minimum atomic E-state index is 0.0445. The standard InChI is InChI=1S/C28H39N7O/c1-20(2)18-35-11-7-21(8-12-35)28(36)32-27-14-22-13-23(15-29-25(22)17-30-27)24-16-31-33(3)26(24)19-34-9-5-4-6-10-34/h13-17,20-21H,4-12,18-19H2,1-3H3,(H,30,32,36). The number of carbonyl (C=O) groups is 1. The van der Waals surface area contributed by atoms with Gasteiger partial charge in [0.1, 0.15) is 5.82 Å². The van der Waals surface area contributed by atoms with Crippen LogP contribution in [0.3, 0.4) is 0 Å². The Morgan fingerprint density at radius 1 is 1.00 bits per heavy atom. The largest absolute Gasteiger partial charge is 0.310 e.